The summed E-state index contributed by atoms with van der Waals surface area (Å²) in [6, 6.07) is 0.844. The van der Waals surface area contributed by atoms with Crippen LogP contribution in [0.2, 0.25) is 0 Å². The number of rotatable bonds is 4. The van der Waals surface area contributed by atoms with Crippen molar-refractivity contribution < 1.29 is 0 Å². The summed E-state index contributed by atoms with van der Waals surface area (Å²) in [6.45, 7) is 7.48. The second-order valence-electron chi connectivity index (χ2n) is 7.19. The highest BCUT2D eigenvalue weighted by atomic mass is 15.3. The molecule has 2 saturated heterocycles. The summed E-state index contributed by atoms with van der Waals surface area (Å²) in [5.74, 6) is 0. The Kier molecular flexibility index (Phi) is 4.45. The van der Waals surface area contributed by atoms with Gasteiger partial charge in [-0.15, -0.1) is 0 Å². The van der Waals surface area contributed by atoms with E-state index in [0.717, 1.165) is 12.6 Å². The Morgan fingerprint density at radius 3 is 2.37 bits per heavy atom. The Morgan fingerprint density at radius 2 is 1.68 bits per heavy atom. The molecule has 0 aromatic heterocycles. The summed E-state index contributed by atoms with van der Waals surface area (Å²) in [4.78, 5) is 5.48. The maximum Gasteiger partial charge on any atom is 0.0235 e. The van der Waals surface area contributed by atoms with E-state index in [4.69, 9.17) is 5.73 Å². The zero-order chi connectivity index (χ0) is 13.1. The van der Waals surface area contributed by atoms with Crippen LogP contribution in [0.3, 0.4) is 0 Å². The summed E-state index contributed by atoms with van der Waals surface area (Å²) in [5.41, 5.74) is 6.56. The van der Waals surface area contributed by atoms with Crippen LogP contribution >= 0.6 is 0 Å². The molecule has 0 aromatic rings. The number of likely N-dealkylation sites (tertiary alicyclic amines) is 2. The molecule has 0 radical (unpaired) electrons. The Labute approximate surface area is 118 Å². The van der Waals surface area contributed by atoms with Gasteiger partial charge in [-0.05, 0) is 63.7 Å². The van der Waals surface area contributed by atoms with Crippen LogP contribution < -0.4 is 5.73 Å². The van der Waals surface area contributed by atoms with Crippen molar-refractivity contribution >= 4 is 0 Å². The van der Waals surface area contributed by atoms with E-state index in [-0.39, 0.29) is 0 Å². The molecule has 3 rings (SSSR count). The minimum atomic E-state index is 0.469. The van der Waals surface area contributed by atoms with Gasteiger partial charge in [0.05, 0.1) is 0 Å². The molecule has 3 heteroatoms. The quantitative estimate of drug-likeness (QED) is 0.844. The first-order valence-electron chi connectivity index (χ1n) is 8.48. The lowest BCUT2D eigenvalue weighted by Gasteiger charge is -2.34. The van der Waals surface area contributed by atoms with Crippen molar-refractivity contribution in [3.8, 4) is 0 Å². The van der Waals surface area contributed by atoms with Gasteiger partial charge in [-0.3, -0.25) is 4.90 Å². The third-order valence-corrected chi connectivity index (χ3v) is 5.81. The molecule has 0 bridgehead atoms. The normalized spacial score (nSPS) is 33.0. The molecule has 0 amide bonds. The molecule has 2 aliphatic heterocycles. The van der Waals surface area contributed by atoms with E-state index in [1.165, 1.54) is 84.1 Å². The van der Waals surface area contributed by atoms with Crippen LogP contribution in [0, 0.1) is 5.41 Å². The molecule has 0 aromatic carbocycles. The molecule has 2 N–H and O–H groups in total. The molecular formula is C16H31N3. The molecule has 3 nitrogen and oxygen atoms in total. The maximum atomic E-state index is 6.09. The van der Waals surface area contributed by atoms with Crippen molar-refractivity contribution in [1.29, 1.82) is 0 Å². The minimum Gasteiger partial charge on any atom is -0.330 e. The van der Waals surface area contributed by atoms with Crippen molar-refractivity contribution in [2.24, 2.45) is 11.1 Å². The lowest BCUT2D eigenvalue weighted by Crippen LogP contribution is -2.43. The van der Waals surface area contributed by atoms with Crippen LogP contribution in [0.25, 0.3) is 0 Å². The monoisotopic (exact) mass is 265 g/mol. The highest BCUT2D eigenvalue weighted by Gasteiger charge is 2.37. The zero-order valence-corrected chi connectivity index (χ0v) is 12.4. The van der Waals surface area contributed by atoms with E-state index in [1.807, 2.05) is 0 Å². The lowest BCUT2D eigenvalue weighted by molar-refractivity contribution is 0.142. The van der Waals surface area contributed by atoms with E-state index < -0.39 is 0 Å². The van der Waals surface area contributed by atoms with E-state index >= 15 is 0 Å². The van der Waals surface area contributed by atoms with Crippen molar-refractivity contribution in [1.82, 2.24) is 9.80 Å². The molecule has 1 saturated carbocycles. The van der Waals surface area contributed by atoms with Gasteiger partial charge in [0.25, 0.3) is 0 Å². The average molecular weight is 265 g/mol. The fourth-order valence-electron chi connectivity index (χ4n) is 4.56. The van der Waals surface area contributed by atoms with Gasteiger partial charge >= 0.3 is 0 Å². The molecule has 3 fully saturated rings. The highest BCUT2D eigenvalue weighted by molar-refractivity contribution is 4.92. The highest BCUT2D eigenvalue weighted by Crippen LogP contribution is 2.38. The fraction of sp³-hybridized carbons (Fsp3) is 1.00. The molecular weight excluding hydrogens is 234 g/mol. The van der Waals surface area contributed by atoms with Crippen LogP contribution in [0.4, 0.5) is 0 Å². The van der Waals surface area contributed by atoms with Gasteiger partial charge in [0.1, 0.15) is 0 Å². The number of hydrogen-bond donors (Lipinski definition) is 1. The predicted molar refractivity (Wildman–Crippen MR) is 80.2 cm³/mol. The minimum absolute atomic E-state index is 0.469. The van der Waals surface area contributed by atoms with Crippen molar-refractivity contribution in [2.45, 2.75) is 57.4 Å². The maximum absolute atomic E-state index is 6.09. The first-order valence-corrected chi connectivity index (χ1v) is 8.48. The van der Waals surface area contributed by atoms with Crippen LogP contribution in [-0.2, 0) is 0 Å². The summed E-state index contributed by atoms with van der Waals surface area (Å²) in [5, 5.41) is 0. The third kappa shape index (κ3) is 3.14. The molecule has 0 spiro atoms. The molecule has 1 aliphatic carbocycles. The Morgan fingerprint density at radius 1 is 0.947 bits per heavy atom. The summed E-state index contributed by atoms with van der Waals surface area (Å²) < 4.78 is 0. The van der Waals surface area contributed by atoms with Crippen LogP contribution in [0.5, 0.6) is 0 Å². The Bertz CT molecular complexity index is 280. The van der Waals surface area contributed by atoms with E-state index in [1.54, 1.807) is 0 Å². The molecule has 110 valence electrons. The molecule has 1 unspecified atom stereocenters. The van der Waals surface area contributed by atoms with E-state index in [2.05, 4.69) is 9.80 Å². The van der Waals surface area contributed by atoms with Gasteiger partial charge in [0.2, 0.25) is 0 Å². The van der Waals surface area contributed by atoms with Crippen molar-refractivity contribution in [2.75, 3.05) is 39.3 Å². The summed E-state index contributed by atoms with van der Waals surface area (Å²) in [6.07, 6.45) is 11.2. The van der Waals surface area contributed by atoms with Crippen LogP contribution in [-0.4, -0.2) is 55.1 Å². The Balaban J connectivity index is 1.51. The number of piperidine rings is 1. The zero-order valence-electron chi connectivity index (χ0n) is 12.4. The van der Waals surface area contributed by atoms with Gasteiger partial charge in [0, 0.05) is 19.1 Å². The SMILES string of the molecule is NCC1(CN2CCC(N3CCCCC3)C2)CCCC1. The molecule has 19 heavy (non-hydrogen) atoms. The van der Waals surface area contributed by atoms with Crippen molar-refractivity contribution in [3.05, 3.63) is 0 Å². The number of nitrogens with zero attached hydrogens (tertiary/aromatic N) is 2. The van der Waals surface area contributed by atoms with Crippen LogP contribution in [0.1, 0.15) is 51.4 Å². The van der Waals surface area contributed by atoms with Gasteiger partial charge in [-0.25, -0.2) is 0 Å². The fourth-order valence-corrected chi connectivity index (χ4v) is 4.56. The summed E-state index contributed by atoms with van der Waals surface area (Å²) in [7, 11) is 0. The first-order chi connectivity index (χ1) is 9.31. The number of hydrogen-bond acceptors (Lipinski definition) is 3. The van der Waals surface area contributed by atoms with Gasteiger partial charge in [-0.2, -0.15) is 0 Å². The standard InChI is InChI=1S/C16H31N3/c17-13-16(7-2-3-8-16)14-18-11-6-15(12-18)19-9-4-1-5-10-19/h15H,1-14,17H2. The molecule has 1 atom stereocenters. The smallest absolute Gasteiger partial charge is 0.0235 e. The van der Waals surface area contributed by atoms with E-state index in [9.17, 15) is 0 Å². The second-order valence-corrected chi connectivity index (χ2v) is 7.19. The summed E-state index contributed by atoms with van der Waals surface area (Å²) >= 11 is 0. The lowest BCUT2D eigenvalue weighted by atomic mass is 9.86. The first kappa shape index (κ1) is 13.8. The predicted octanol–water partition coefficient (Wildman–Crippen LogP) is 2.07. The Hall–Kier alpha value is -0.120. The second kappa shape index (κ2) is 6.11. The molecule has 3 aliphatic rings. The van der Waals surface area contributed by atoms with Gasteiger partial charge < -0.3 is 10.6 Å². The topological polar surface area (TPSA) is 32.5 Å². The van der Waals surface area contributed by atoms with E-state index in [0.29, 0.717) is 5.41 Å². The molecule has 2 heterocycles. The van der Waals surface area contributed by atoms with Crippen LogP contribution in [0.15, 0.2) is 0 Å². The largest absolute Gasteiger partial charge is 0.330 e. The van der Waals surface area contributed by atoms with Gasteiger partial charge in [-0.1, -0.05) is 19.3 Å². The third-order valence-electron chi connectivity index (χ3n) is 5.81. The van der Waals surface area contributed by atoms with Crippen molar-refractivity contribution in [3.63, 3.8) is 0 Å². The average Bonchev–Trinajstić information content (AvgIpc) is 3.10. The van der Waals surface area contributed by atoms with Gasteiger partial charge in [0.15, 0.2) is 0 Å². The number of nitrogens with two attached hydrogens (primary N) is 1.